The minimum Gasteiger partial charge on any atom is -0.496 e. The number of benzene rings is 1. The average Bonchev–Trinajstić information content (AvgIpc) is 3.13. The Bertz CT molecular complexity index is 376. The lowest BCUT2D eigenvalue weighted by molar-refractivity contribution is 0.266. The Labute approximate surface area is 109 Å². The summed E-state index contributed by atoms with van der Waals surface area (Å²) in [6.07, 6.45) is 2.62. The molecule has 94 valence electrons. The normalized spacial score (nSPS) is 15.3. The van der Waals surface area contributed by atoms with Gasteiger partial charge in [0.1, 0.15) is 5.75 Å². The third-order valence-corrected chi connectivity index (χ3v) is 3.41. The Hall–Kier alpha value is -0.730. The van der Waals surface area contributed by atoms with Gasteiger partial charge in [0.25, 0.3) is 0 Å². The smallest absolute Gasteiger partial charge is 0.123 e. The van der Waals surface area contributed by atoms with Gasteiger partial charge in [0.2, 0.25) is 0 Å². The Morgan fingerprint density at radius 3 is 2.76 bits per heavy atom. The van der Waals surface area contributed by atoms with E-state index in [0.29, 0.717) is 5.88 Å². The summed E-state index contributed by atoms with van der Waals surface area (Å²) in [6, 6.07) is 7.09. The van der Waals surface area contributed by atoms with Crippen LogP contribution in [0.5, 0.6) is 5.75 Å². The second-order valence-corrected chi connectivity index (χ2v) is 5.08. The minimum absolute atomic E-state index is 0.699. The molecular weight excluding hydrogens is 234 g/mol. The third kappa shape index (κ3) is 3.36. The van der Waals surface area contributed by atoms with E-state index in [-0.39, 0.29) is 0 Å². The predicted octanol–water partition coefficient (Wildman–Crippen LogP) is 3.21. The summed E-state index contributed by atoms with van der Waals surface area (Å²) in [4.78, 5) is 2.46. The maximum Gasteiger partial charge on any atom is 0.123 e. The van der Waals surface area contributed by atoms with Crippen LogP contribution in [0.4, 0.5) is 0 Å². The van der Waals surface area contributed by atoms with Crippen LogP contribution < -0.4 is 4.74 Å². The highest BCUT2D eigenvalue weighted by Gasteiger charge is 2.28. The number of rotatable bonds is 6. The summed E-state index contributed by atoms with van der Waals surface area (Å²) in [5, 5.41) is 0. The maximum atomic E-state index is 5.87. The number of halogens is 1. The zero-order valence-electron chi connectivity index (χ0n) is 10.6. The van der Waals surface area contributed by atoms with Gasteiger partial charge in [0.15, 0.2) is 0 Å². The first-order valence-corrected chi connectivity index (χ1v) is 6.71. The second kappa shape index (κ2) is 5.74. The molecule has 17 heavy (non-hydrogen) atoms. The highest BCUT2D eigenvalue weighted by Crippen LogP contribution is 2.30. The molecular formula is C14H20ClNO. The van der Waals surface area contributed by atoms with Crippen LogP contribution in [0.15, 0.2) is 18.2 Å². The number of ether oxygens (including phenoxy) is 1. The summed E-state index contributed by atoms with van der Waals surface area (Å²) < 4.78 is 5.42. The van der Waals surface area contributed by atoms with Crippen LogP contribution in [0.1, 0.15) is 24.0 Å². The van der Waals surface area contributed by atoms with E-state index >= 15 is 0 Å². The highest BCUT2D eigenvalue weighted by atomic mass is 35.5. The van der Waals surface area contributed by atoms with E-state index < -0.39 is 0 Å². The van der Waals surface area contributed by atoms with E-state index in [1.165, 1.54) is 24.0 Å². The summed E-state index contributed by atoms with van der Waals surface area (Å²) in [5.41, 5.74) is 2.55. The molecule has 1 fully saturated rings. The molecule has 0 amide bonds. The molecule has 0 radical (unpaired) electrons. The average molecular weight is 254 g/mol. The molecule has 1 aromatic carbocycles. The Morgan fingerprint density at radius 2 is 2.18 bits per heavy atom. The molecule has 0 bridgehead atoms. The second-order valence-electron chi connectivity index (χ2n) is 4.71. The van der Waals surface area contributed by atoms with Gasteiger partial charge in [-0.15, -0.1) is 11.6 Å². The molecule has 1 aromatic rings. The van der Waals surface area contributed by atoms with Crippen molar-refractivity contribution in [1.82, 2.24) is 4.90 Å². The standard InChI is InChI=1S/C14H20ClNO/c1-11-3-6-14(17-2)12(9-11)10-16(8-7-15)13-4-5-13/h3,6,9,13H,4-5,7-8,10H2,1-2H3. The third-order valence-electron chi connectivity index (χ3n) is 3.24. The Kier molecular flexibility index (Phi) is 4.30. The van der Waals surface area contributed by atoms with Crippen LogP contribution in [0, 0.1) is 6.92 Å². The summed E-state index contributed by atoms with van der Waals surface area (Å²) in [6.45, 7) is 4.03. The highest BCUT2D eigenvalue weighted by molar-refractivity contribution is 6.18. The largest absolute Gasteiger partial charge is 0.496 e. The lowest BCUT2D eigenvalue weighted by Gasteiger charge is -2.22. The molecule has 1 aliphatic rings. The fourth-order valence-electron chi connectivity index (χ4n) is 2.19. The molecule has 3 heteroatoms. The van der Waals surface area contributed by atoms with Crippen LogP contribution in [-0.4, -0.2) is 30.5 Å². The van der Waals surface area contributed by atoms with Crippen LogP contribution >= 0.6 is 11.6 Å². The topological polar surface area (TPSA) is 12.5 Å². The van der Waals surface area contributed by atoms with E-state index in [9.17, 15) is 0 Å². The van der Waals surface area contributed by atoms with Gasteiger partial charge in [-0.25, -0.2) is 0 Å². The molecule has 2 rings (SSSR count). The molecule has 2 nitrogen and oxygen atoms in total. The van der Waals surface area contributed by atoms with Crippen molar-refractivity contribution in [2.45, 2.75) is 32.4 Å². The number of aryl methyl sites for hydroxylation is 1. The lowest BCUT2D eigenvalue weighted by Crippen LogP contribution is -2.27. The fourth-order valence-corrected chi connectivity index (χ4v) is 2.41. The predicted molar refractivity (Wildman–Crippen MR) is 71.9 cm³/mol. The molecule has 0 unspecified atom stereocenters. The van der Waals surface area contributed by atoms with Crippen LogP contribution in [0.2, 0.25) is 0 Å². The van der Waals surface area contributed by atoms with Gasteiger partial charge in [-0.05, 0) is 25.8 Å². The van der Waals surface area contributed by atoms with Gasteiger partial charge in [-0.3, -0.25) is 4.90 Å². The van der Waals surface area contributed by atoms with Crippen molar-refractivity contribution in [3.63, 3.8) is 0 Å². The van der Waals surface area contributed by atoms with Crippen molar-refractivity contribution in [1.29, 1.82) is 0 Å². The Balaban J connectivity index is 2.11. The summed E-state index contributed by atoms with van der Waals surface area (Å²) >= 11 is 5.87. The number of alkyl halides is 1. The molecule has 0 atom stereocenters. The lowest BCUT2D eigenvalue weighted by atomic mass is 10.1. The first-order chi connectivity index (χ1) is 8.24. The van der Waals surface area contributed by atoms with Crippen LogP contribution in [0.3, 0.4) is 0 Å². The van der Waals surface area contributed by atoms with Crippen molar-refractivity contribution in [3.05, 3.63) is 29.3 Å². The summed E-state index contributed by atoms with van der Waals surface area (Å²) in [7, 11) is 1.73. The van der Waals surface area contributed by atoms with E-state index in [1.807, 2.05) is 0 Å². The number of hydrogen-bond donors (Lipinski definition) is 0. The molecule has 0 aromatic heterocycles. The zero-order valence-corrected chi connectivity index (χ0v) is 11.3. The SMILES string of the molecule is COc1ccc(C)cc1CN(CCCl)C1CC1. The van der Waals surface area contributed by atoms with Crippen LogP contribution in [-0.2, 0) is 6.54 Å². The molecule has 0 aliphatic heterocycles. The van der Waals surface area contributed by atoms with E-state index in [2.05, 4.69) is 30.0 Å². The van der Waals surface area contributed by atoms with Crippen molar-refractivity contribution in [3.8, 4) is 5.75 Å². The van der Waals surface area contributed by atoms with E-state index in [1.54, 1.807) is 7.11 Å². The number of nitrogens with zero attached hydrogens (tertiary/aromatic N) is 1. The van der Waals surface area contributed by atoms with Crippen molar-refractivity contribution in [2.75, 3.05) is 19.5 Å². The maximum absolute atomic E-state index is 5.87. The van der Waals surface area contributed by atoms with Gasteiger partial charge in [0, 0.05) is 30.6 Å². The minimum atomic E-state index is 0.699. The summed E-state index contributed by atoms with van der Waals surface area (Å²) in [5.74, 6) is 1.68. The van der Waals surface area contributed by atoms with E-state index in [4.69, 9.17) is 16.3 Å². The fraction of sp³-hybridized carbons (Fsp3) is 0.571. The molecule has 1 saturated carbocycles. The zero-order chi connectivity index (χ0) is 12.3. The van der Waals surface area contributed by atoms with Crippen LogP contribution in [0.25, 0.3) is 0 Å². The van der Waals surface area contributed by atoms with Gasteiger partial charge in [-0.2, -0.15) is 0 Å². The van der Waals surface area contributed by atoms with Gasteiger partial charge in [-0.1, -0.05) is 17.7 Å². The van der Waals surface area contributed by atoms with Gasteiger partial charge < -0.3 is 4.74 Å². The first-order valence-electron chi connectivity index (χ1n) is 6.18. The molecule has 0 spiro atoms. The van der Waals surface area contributed by atoms with Crippen molar-refractivity contribution in [2.24, 2.45) is 0 Å². The Morgan fingerprint density at radius 1 is 1.41 bits per heavy atom. The monoisotopic (exact) mass is 253 g/mol. The molecule has 0 heterocycles. The number of methoxy groups -OCH3 is 1. The van der Waals surface area contributed by atoms with E-state index in [0.717, 1.165) is 24.9 Å². The van der Waals surface area contributed by atoms with Gasteiger partial charge in [0.05, 0.1) is 7.11 Å². The molecule has 0 saturated heterocycles. The first kappa shape index (κ1) is 12.7. The van der Waals surface area contributed by atoms with Gasteiger partial charge >= 0.3 is 0 Å². The van der Waals surface area contributed by atoms with Crippen molar-refractivity contribution >= 4 is 11.6 Å². The molecule has 0 N–H and O–H groups in total. The molecule has 1 aliphatic carbocycles. The number of hydrogen-bond acceptors (Lipinski definition) is 2. The quantitative estimate of drug-likeness (QED) is 0.722. The van der Waals surface area contributed by atoms with Crippen molar-refractivity contribution < 1.29 is 4.74 Å².